The molecule has 0 spiro atoms. The molecule has 0 saturated carbocycles. The second-order valence-corrected chi connectivity index (χ2v) is 4.34. The third-order valence-electron chi connectivity index (χ3n) is 2.56. The van der Waals surface area contributed by atoms with Crippen molar-refractivity contribution in [2.24, 2.45) is 0 Å². The van der Waals surface area contributed by atoms with E-state index >= 15 is 0 Å². The first kappa shape index (κ1) is 14.0. The van der Waals surface area contributed by atoms with Crippen LogP contribution in [0.2, 0.25) is 0 Å². The van der Waals surface area contributed by atoms with Gasteiger partial charge in [-0.15, -0.1) is 0 Å². The first-order valence-corrected chi connectivity index (χ1v) is 6.56. The lowest BCUT2D eigenvalue weighted by molar-refractivity contribution is 0.0948. The standard InChI is InChI=1S/C15H17N3O2/c1-3-10-16-15(19)12-7-5-9-14(18-12)20-13-8-4-6-11(2)17-13/h4-9H,3,10H2,1-2H3,(H,16,19). The highest BCUT2D eigenvalue weighted by Crippen LogP contribution is 2.17. The first-order valence-electron chi connectivity index (χ1n) is 6.56. The number of amides is 1. The Morgan fingerprint density at radius 3 is 2.55 bits per heavy atom. The molecule has 0 atom stereocenters. The second kappa shape index (κ2) is 6.65. The number of carbonyl (C=O) groups excluding carboxylic acids is 1. The molecule has 2 heterocycles. The van der Waals surface area contributed by atoms with Crippen molar-refractivity contribution in [1.82, 2.24) is 15.3 Å². The topological polar surface area (TPSA) is 64.1 Å². The molecule has 1 N–H and O–H groups in total. The SMILES string of the molecule is CCCNC(=O)c1cccc(Oc2cccc(C)n2)n1. The average molecular weight is 271 g/mol. The molecule has 0 radical (unpaired) electrons. The van der Waals surface area contributed by atoms with E-state index in [1.807, 2.05) is 26.0 Å². The normalized spacial score (nSPS) is 10.1. The Morgan fingerprint density at radius 2 is 1.85 bits per heavy atom. The molecule has 0 aliphatic rings. The van der Waals surface area contributed by atoms with Crippen LogP contribution in [0.15, 0.2) is 36.4 Å². The molecule has 0 saturated heterocycles. The summed E-state index contributed by atoms with van der Waals surface area (Å²) in [5.74, 6) is 0.616. The molecule has 0 aromatic carbocycles. The number of ether oxygens (including phenoxy) is 1. The highest BCUT2D eigenvalue weighted by atomic mass is 16.5. The number of nitrogens with one attached hydrogen (secondary N) is 1. The predicted octanol–water partition coefficient (Wildman–Crippen LogP) is 2.72. The molecule has 1 amide bonds. The Kier molecular flexibility index (Phi) is 4.65. The minimum Gasteiger partial charge on any atom is -0.421 e. The van der Waals surface area contributed by atoms with Gasteiger partial charge in [0.1, 0.15) is 5.69 Å². The van der Waals surface area contributed by atoms with Crippen LogP contribution in [-0.4, -0.2) is 22.4 Å². The largest absolute Gasteiger partial charge is 0.421 e. The van der Waals surface area contributed by atoms with Crippen LogP contribution in [0.25, 0.3) is 0 Å². The summed E-state index contributed by atoms with van der Waals surface area (Å²) in [7, 11) is 0. The lowest BCUT2D eigenvalue weighted by Gasteiger charge is -2.06. The van der Waals surface area contributed by atoms with E-state index in [4.69, 9.17) is 4.74 Å². The Balaban J connectivity index is 2.11. The van der Waals surface area contributed by atoms with Crippen LogP contribution >= 0.6 is 0 Å². The molecular weight excluding hydrogens is 254 g/mol. The third-order valence-corrected chi connectivity index (χ3v) is 2.56. The summed E-state index contributed by atoms with van der Waals surface area (Å²) in [5.41, 5.74) is 1.20. The third kappa shape index (κ3) is 3.78. The monoisotopic (exact) mass is 271 g/mol. The Labute approximate surface area is 118 Å². The summed E-state index contributed by atoms with van der Waals surface area (Å²) in [6, 6.07) is 10.6. The molecule has 2 aromatic rings. The van der Waals surface area contributed by atoms with Crippen molar-refractivity contribution < 1.29 is 9.53 Å². The van der Waals surface area contributed by atoms with Gasteiger partial charge >= 0.3 is 0 Å². The van der Waals surface area contributed by atoms with Gasteiger partial charge in [-0.1, -0.05) is 19.1 Å². The molecule has 20 heavy (non-hydrogen) atoms. The Bertz CT molecular complexity index is 599. The van der Waals surface area contributed by atoms with Gasteiger partial charge in [0.25, 0.3) is 5.91 Å². The van der Waals surface area contributed by atoms with Crippen molar-refractivity contribution in [2.75, 3.05) is 6.54 Å². The second-order valence-electron chi connectivity index (χ2n) is 4.34. The fourth-order valence-corrected chi connectivity index (χ4v) is 1.61. The van der Waals surface area contributed by atoms with Crippen molar-refractivity contribution in [3.63, 3.8) is 0 Å². The zero-order valence-corrected chi connectivity index (χ0v) is 11.6. The molecule has 0 fully saturated rings. The van der Waals surface area contributed by atoms with E-state index < -0.39 is 0 Å². The van der Waals surface area contributed by atoms with Crippen LogP contribution in [0.1, 0.15) is 29.5 Å². The molecule has 0 aliphatic heterocycles. The van der Waals surface area contributed by atoms with E-state index in [1.54, 1.807) is 24.3 Å². The number of aromatic nitrogens is 2. The van der Waals surface area contributed by atoms with Gasteiger partial charge in [0.05, 0.1) is 0 Å². The van der Waals surface area contributed by atoms with Crippen molar-refractivity contribution in [3.05, 3.63) is 47.8 Å². The van der Waals surface area contributed by atoms with Crippen LogP contribution in [0, 0.1) is 6.92 Å². The summed E-state index contributed by atoms with van der Waals surface area (Å²) in [6.07, 6.45) is 0.884. The average Bonchev–Trinajstić information content (AvgIpc) is 2.45. The van der Waals surface area contributed by atoms with Gasteiger partial charge < -0.3 is 10.1 Å². The number of nitrogens with zero attached hydrogens (tertiary/aromatic N) is 2. The van der Waals surface area contributed by atoms with Crippen LogP contribution in [0.3, 0.4) is 0 Å². The Hall–Kier alpha value is -2.43. The number of pyridine rings is 2. The highest BCUT2D eigenvalue weighted by molar-refractivity contribution is 5.92. The molecule has 0 aliphatic carbocycles. The molecule has 0 unspecified atom stereocenters. The van der Waals surface area contributed by atoms with Gasteiger partial charge in [-0.05, 0) is 25.5 Å². The van der Waals surface area contributed by atoms with Crippen LogP contribution in [-0.2, 0) is 0 Å². The molecular formula is C15H17N3O2. The van der Waals surface area contributed by atoms with E-state index in [0.717, 1.165) is 12.1 Å². The maximum atomic E-state index is 11.8. The van der Waals surface area contributed by atoms with Crippen molar-refractivity contribution in [3.8, 4) is 11.8 Å². The molecule has 2 aromatic heterocycles. The number of rotatable bonds is 5. The van der Waals surface area contributed by atoms with Crippen molar-refractivity contribution in [2.45, 2.75) is 20.3 Å². The van der Waals surface area contributed by atoms with Gasteiger partial charge in [0, 0.05) is 24.4 Å². The summed E-state index contributed by atoms with van der Waals surface area (Å²) in [4.78, 5) is 20.2. The number of hydrogen-bond acceptors (Lipinski definition) is 4. The van der Waals surface area contributed by atoms with Crippen molar-refractivity contribution in [1.29, 1.82) is 0 Å². The first-order chi connectivity index (χ1) is 9.69. The molecule has 5 nitrogen and oxygen atoms in total. The fourth-order valence-electron chi connectivity index (χ4n) is 1.61. The zero-order chi connectivity index (χ0) is 14.4. The minimum atomic E-state index is -0.200. The van der Waals surface area contributed by atoms with Crippen molar-refractivity contribution >= 4 is 5.91 Å². The summed E-state index contributed by atoms with van der Waals surface area (Å²) in [6.45, 7) is 4.51. The maximum Gasteiger partial charge on any atom is 0.270 e. The Morgan fingerprint density at radius 1 is 1.15 bits per heavy atom. The van der Waals surface area contributed by atoms with Crippen LogP contribution in [0.4, 0.5) is 0 Å². The summed E-state index contributed by atoms with van der Waals surface area (Å²) in [5, 5.41) is 2.78. The van der Waals surface area contributed by atoms with E-state index in [-0.39, 0.29) is 5.91 Å². The maximum absolute atomic E-state index is 11.8. The highest BCUT2D eigenvalue weighted by Gasteiger charge is 2.08. The van der Waals surface area contributed by atoms with Crippen LogP contribution in [0.5, 0.6) is 11.8 Å². The van der Waals surface area contributed by atoms with Gasteiger partial charge in [-0.25, -0.2) is 9.97 Å². The van der Waals surface area contributed by atoms with Gasteiger partial charge in [-0.3, -0.25) is 4.79 Å². The van der Waals surface area contributed by atoms with Gasteiger partial charge in [-0.2, -0.15) is 0 Å². The molecule has 104 valence electrons. The lowest BCUT2D eigenvalue weighted by Crippen LogP contribution is -2.24. The quantitative estimate of drug-likeness (QED) is 0.908. The smallest absolute Gasteiger partial charge is 0.270 e. The van der Waals surface area contributed by atoms with E-state index in [9.17, 15) is 4.79 Å². The van der Waals surface area contributed by atoms with E-state index in [2.05, 4.69) is 15.3 Å². The number of aryl methyl sites for hydroxylation is 1. The zero-order valence-electron chi connectivity index (χ0n) is 11.6. The minimum absolute atomic E-state index is 0.200. The summed E-state index contributed by atoms with van der Waals surface area (Å²) >= 11 is 0. The molecule has 0 bridgehead atoms. The number of hydrogen-bond donors (Lipinski definition) is 1. The van der Waals surface area contributed by atoms with Crippen LogP contribution < -0.4 is 10.1 Å². The van der Waals surface area contributed by atoms with E-state index in [1.165, 1.54) is 0 Å². The van der Waals surface area contributed by atoms with Gasteiger partial charge in [0.15, 0.2) is 0 Å². The molecule has 2 rings (SSSR count). The lowest BCUT2D eigenvalue weighted by atomic mass is 10.3. The molecule has 5 heteroatoms. The fraction of sp³-hybridized carbons (Fsp3) is 0.267. The predicted molar refractivity (Wildman–Crippen MR) is 75.9 cm³/mol. The summed E-state index contributed by atoms with van der Waals surface area (Å²) < 4.78 is 5.55. The van der Waals surface area contributed by atoms with Gasteiger partial charge in [0.2, 0.25) is 11.8 Å². The van der Waals surface area contributed by atoms with E-state index in [0.29, 0.717) is 24.0 Å². The number of carbonyl (C=O) groups is 1.